The molecule has 0 aliphatic rings. The van der Waals surface area contributed by atoms with Crippen molar-refractivity contribution >= 4 is 26.7 Å². The number of hydrogen-bond donors (Lipinski definition) is 0. The van der Waals surface area contributed by atoms with Crippen LogP contribution in [0.15, 0.2) is 53.4 Å². The number of rotatable bonds is 1. The van der Waals surface area contributed by atoms with Gasteiger partial charge < -0.3 is 0 Å². The number of nitrogens with zero attached hydrogens (tertiary/aromatic N) is 2. The Morgan fingerprint density at radius 2 is 1.72 bits per heavy atom. The molecule has 0 radical (unpaired) electrons. The number of benzene rings is 2. The van der Waals surface area contributed by atoms with E-state index in [1.165, 1.54) is 16.3 Å². The Balaban J connectivity index is 2.16. The molecule has 0 N–H and O–H groups in total. The van der Waals surface area contributed by atoms with E-state index in [0.717, 1.165) is 11.3 Å². The molecular weight excluding hydrogens is 288 g/mol. The summed E-state index contributed by atoms with van der Waals surface area (Å²) in [5.74, 6) is 0. The van der Waals surface area contributed by atoms with Crippen molar-refractivity contribution in [3.8, 4) is 11.3 Å². The first-order valence-electron chi connectivity index (χ1n) is 5.72. The fourth-order valence-electron chi connectivity index (χ4n) is 2.02. The molecule has 3 heteroatoms. The Morgan fingerprint density at radius 1 is 0.944 bits per heavy atom. The minimum atomic E-state index is 0.615. The second-order valence-electron chi connectivity index (χ2n) is 4.28. The molecule has 0 aliphatic heterocycles. The van der Waals surface area contributed by atoms with E-state index >= 15 is 0 Å². The summed E-state index contributed by atoms with van der Waals surface area (Å²) >= 11 is 3.30. The van der Waals surface area contributed by atoms with Crippen LogP contribution in [0, 0.1) is 6.92 Å². The standard InChI is InChI=1S/C15H11BrN2/c1-10-2-3-12-9-13(5-4-11(12)8-10)14-6-7-17-15(16)18-14/h2-9H,1H3. The van der Waals surface area contributed by atoms with Gasteiger partial charge in [0.25, 0.3) is 0 Å². The van der Waals surface area contributed by atoms with Crippen LogP contribution >= 0.6 is 15.9 Å². The first-order valence-corrected chi connectivity index (χ1v) is 6.51. The highest BCUT2D eigenvalue weighted by Gasteiger charge is 2.02. The highest BCUT2D eigenvalue weighted by atomic mass is 79.9. The lowest BCUT2D eigenvalue weighted by Crippen LogP contribution is -1.87. The molecule has 0 spiro atoms. The molecule has 3 aromatic rings. The van der Waals surface area contributed by atoms with E-state index in [2.05, 4.69) is 69.2 Å². The third-order valence-corrected chi connectivity index (χ3v) is 3.30. The van der Waals surface area contributed by atoms with Gasteiger partial charge in [-0.1, -0.05) is 35.9 Å². The van der Waals surface area contributed by atoms with Crippen molar-refractivity contribution in [2.45, 2.75) is 6.92 Å². The predicted molar refractivity (Wildman–Crippen MR) is 77.4 cm³/mol. The van der Waals surface area contributed by atoms with Gasteiger partial charge in [0.1, 0.15) is 0 Å². The third kappa shape index (κ3) is 2.14. The normalized spacial score (nSPS) is 10.8. The smallest absolute Gasteiger partial charge is 0.197 e. The van der Waals surface area contributed by atoms with Gasteiger partial charge in [-0.3, -0.25) is 0 Å². The summed E-state index contributed by atoms with van der Waals surface area (Å²) in [6.07, 6.45) is 1.76. The summed E-state index contributed by atoms with van der Waals surface area (Å²) in [6, 6.07) is 14.8. The second-order valence-corrected chi connectivity index (χ2v) is 4.99. The molecular formula is C15H11BrN2. The third-order valence-electron chi connectivity index (χ3n) is 2.92. The number of hydrogen-bond acceptors (Lipinski definition) is 2. The van der Waals surface area contributed by atoms with Gasteiger partial charge in [-0.25, -0.2) is 9.97 Å². The largest absolute Gasteiger partial charge is 0.231 e. The van der Waals surface area contributed by atoms with Gasteiger partial charge in [0.15, 0.2) is 4.73 Å². The molecule has 1 aromatic heterocycles. The maximum Gasteiger partial charge on any atom is 0.197 e. The van der Waals surface area contributed by atoms with Crippen LogP contribution in [0.4, 0.5) is 0 Å². The summed E-state index contributed by atoms with van der Waals surface area (Å²) in [6.45, 7) is 2.11. The van der Waals surface area contributed by atoms with Gasteiger partial charge in [-0.05, 0) is 45.8 Å². The average molecular weight is 299 g/mol. The second kappa shape index (κ2) is 4.50. The zero-order valence-electron chi connectivity index (χ0n) is 9.89. The van der Waals surface area contributed by atoms with E-state index in [1.807, 2.05) is 6.07 Å². The van der Waals surface area contributed by atoms with Gasteiger partial charge in [-0.15, -0.1) is 0 Å². The molecule has 0 fully saturated rings. The molecule has 3 rings (SSSR count). The highest BCUT2D eigenvalue weighted by molar-refractivity contribution is 9.10. The lowest BCUT2D eigenvalue weighted by Gasteiger charge is -2.04. The maximum absolute atomic E-state index is 4.37. The van der Waals surface area contributed by atoms with Crippen molar-refractivity contribution < 1.29 is 0 Å². The topological polar surface area (TPSA) is 25.8 Å². The SMILES string of the molecule is Cc1ccc2cc(-c3ccnc(Br)n3)ccc2c1. The van der Waals surface area contributed by atoms with Crippen LogP contribution in [0.5, 0.6) is 0 Å². The van der Waals surface area contributed by atoms with E-state index in [9.17, 15) is 0 Å². The molecule has 0 saturated heterocycles. The van der Waals surface area contributed by atoms with Crippen molar-refractivity contribution in [2.75, 3.05) is 0 Å². The zero-order chi connectivity index (χ0) is 12.5. The fourth-order valence-corrected chi connectivity index (χ4v) is 2.33. The average Bonchev–Trinajstić information content (AvgIpc) is 2.38. The van der Waals surface area contributed by atoms with Crippen LogP contribution < -0.4 is 0 Å². The van der Waals surface area contributed by atoms with Crippen molar-refractivity contribution in [1.29, 1.82) is 0 Å². The van der Waals surface area contributed by atoms with Crippen LogP contribution in [0.3, 0.4) is 0 Å². The van der Waals surface area contributed by atoms with Crippen LogP contribution in [0.25, 0.3) is 22.0 Å². The van der Waals surface area contributed by atoms with Gasteiger partial charge in [0.2, 0.25) is 0 Å². The van der Waals surface area contributed by atoms with E-state index in [0.29, 0.717) is 4.73 Å². The Morgan fingerprint density at radius 3 is 2.56 bits per heavy atom. The number of aryl methyl sites for hydroxylation is 1. The zero-order valence-corrected chi connectivity index (χ0v) is 11.5. The Bertz CT molecular complexity index is 723. The summed E-state index contributed by atoms with van der Waals surface area (Å²) in [4.78, 5) is 8.42. The summed E-state index contributed by atoms with van der Waals surface area (Å²) in [5.41, 5.74) is 3.31. The predicted octanol–water partition coefficient (Wildman–Crippen LogP) is 4.37. The number of fused-ring (bicyclic) bond motifs is 1. The van der Waals surface area contributed by atoms with Crippen molar-refractivity contribution in [1.82, 2.24) is 9.97 Å². The Labute approximate surface area is 114 Å². The molecule has 88 valence electrons. The highest BCUT2D eigenvalue weighted by Crippen LogP contribution is 2.24. The van der Waals surface area contributed by atoms with E-state index in [-0.39, 0.29) is 0 Å². The van der Waals surface area contributed by atoms with Gasteiger partial charge in [-0.2, -0.15) is 0 Å². The van der Waals surface area contributed by atoms with Crippen LogP contribution in [-0.4, -0.2) is 9.97 Å². The molecule has 0 atom stereocenters. The monoisotopic (exact) mass is 298 g/mol. The Kier molecular flexibility index (Phi) is 2.84. The lowest BCUT2D eigenvalue weighted by atomic mass is 10.0. The van der Waals surface area contributed by atoms with E-state index in [1.54, 1.807) is 6.20 Å². The van der Waals surface area contributed by atoms with Crippen molar-refractivity contribution in [3.63, 3.8) is 0 Å². The van der Waals surface area contributed by atoms with E-state index < -0.39 is 0 Å². The number of aromatic nitrogens is 2. The number of halogens is 1. The molecule has 2 nitrogen and oxygen atoms in total. The maximum atomic E-state index is 4.37. The molecule has 1 heterocycles. The van der Waals surface area contributed by atoms with Crippen LogP contribution in [0.1, 0.15) is 5.56 Å². The Hall–Kier alpha value is -1.74. The van der Waals surface area contributed by atoms with Gasteiger partial charge >= 0.3 is 0 Å². The molecule has 18 heavy (non-hydrogen) atoms. The fraction of sp³-hybridized carbons (Fsp3) is 0.0667. The van der Waals surface area contributed by atoms with Crippen LogP contribution in [0.2, 0.25) is 0 Å². The minimum Gasteiger partial charge on any atom is -0.231 e. The van der Waals surface area contributed by atoms with Gasteiger partial charge in [0.05, 0.1) is 5.69 Å². The summed E-state index contributed by atoms with van der Waals surface area (Å²) in [7, 11) is 0. The quantitative estimate of drug-likeness (QED) is 0.624. The van der Waals surface area contributed by atoms with Gasteiger partial charge in [0, 0.05) is 11.8 Å². The molecule has 0 saturated carbocycles. The minimum absolute atomic E-state index is 0.615. The first kappa shape index (κ1) is 11.4. The molecule has 0 bridgehead atoms. The first-order chi connectivity index (χ1) is 8.72. The van der Waals surface area contributed by atoms with E-state index in [4.69, 9.17) is 0 Å². The molecule has 0 aliphatic carbocycles. The molecule has 0 unspecified atom stereocenters. The van der Waals surface area contributed by atoms with Crippen molar-refractivity contribution in [3.05, 3.63) is 59.0 Å². The van der Waals surface area contributed by atoms with Crippen LogP contribution in [-0.2, 0) is 0 Å². The van der Waals surface area contributed by atoms with Crippen molar-refractivity contribution in [2.24, 2.45) is 0 Å². The lowest BCUT2D eigenvalue weighted by molar-refractivity contribution is 1.12. The molecule has 2 aromatic carbocycles. The summed E-state index contributed by atoms with van der Waals surface area (Å²) in [5, 5.41) is 2.49. The molecule has 0 amide bonds. The summed E-state index contributed by atoms with van der Waals surface area (Å²) < 4.78 is 0.615.